The van der Waals surface area contributed by atoms with Crippen LogP contribution in [-0.4, -0.2) is 60.6 Å². The Morgan fingerprint density at radius 1 is 1.17 bits per heavy atom. The van der Waals surface area contributed by atoms with Crippen molar-refractivity contribution < 1.29 is 19.1 Å². The SMILES string of the molecule is CC(C)CC(=O)N(CC(=O)N1CCc2sccc2[C@H]1COc1ccc(C(C)C)cc1)C[C@@H]1CCCO1. The van der Waals surface area contributed by atoms with E-state index in [1.165, 1.54) is 10.4 Å². The molecule has 2 aromatic rings. The van der Waals surface area contributed by atoms with Crippen LogP contribution in [-0.2, 0) is 20.7 Å². The molecule has 0 bridgehead atoms. The van der Waals surface area contributed by atoms with Gasteiger partial charge >= 0.3 is 0 Å². The number of hydrogen-bond acceptors (Lipinski definition) is 5. The van der Waals surface area contributed by atoms with E-state index in [0.29, 0.717) is 32.0 Å². The maximum atomic E-state index is 13.7. The Hall–Kier alpha value is -2.38. The molecule has 196 valence electrons. The molecule has 0 N–H and O–H groups in total. The van der Waals surface area contributed by atoms with Crippen LogP contribution in [0.15, 0.2) is 35.7 Å². The van der Waals surface area contributed by atoms with Crippen molar-refractivity contribution in [1.82, 2.24) is 9.80 Å². The second-order valence-corrected chi connectivity index (χ2v) is 11.7. The van der Waals surface area contributed by atoms with Crippen molar-refractivity contribution >= 4 is 23.2 Å². The van der Waals surface area contributed by atoms with E-state index in [4.69, 9.17) is 9.47 Å². The summed E-state index contributed by atoms with van der Waals surface area (Å²) in [5.41, 5.74) is 2.44. The van der Waals surface area contributed by atoms with Gasteiger partial charge in [-0.15, -0.1) is 11.3 Å². The Kier molecular flexibility index (Phi) is 9.07. The molecular formula is C29H40N2O4S. The van der Waals surface area contributed by atoms with E-state index in [9.17, 15) is 9.59 Å². The molecular weight excluding hydrogens is 472 g/mol. The third-order valence-corrected chi connectivity index (χ3v) is 8.08. The third-order valence-electron chi connectivity index (χ3n) is 7.08. The second-order valence-electron chi connectivity index (χ2n) is 10.7. The highest BCUT2D eigenvalue weighted by atomic mass is 32.1. The first-order chi connectivity index (χ1) is 17.3. The molecule has 0 radical (unpaired) electrons. The Morgan fingerprint density at radius 2 is 1.94 bits per heavy atom. The van der Waals surface area contributed by atoms with Crippen molar-refractivity contribution in [2.24, 2.45) is 5.92 Å². The summed E-state index contributed by atoms with van der Waals surface area (Å²) < 4.78 is 12.0. The van der Waals surface area contributed by atoms with Crippen LogP contribution >= 0.6 is 11.3 Å². The first-order valence-corrected chi connectivity index (χ1v) is 14.2. The fourth-order valence-corrected chi connectivity index (χ4v) is 5.95. The Balaban J connectivity index is 1.47. The quantitative estimate of drug-likeness (QED) is 0.426. The fraction of sp³-hybridized carbons (Fsp3) is 0.586. The average molecular weight is 513 g/mol. The molecule has 3 heterocycles. The van der Waals surface area contributed by atoms with E-state index in [2.05, 4.69) is 37.4 Å². The number of fused-ring (bicyclic) bond motifs is 1. The highest BCUT2D eigenvalue weighted by molar-refractivity contribution is 7.10. The lowest BCUT2D eigenvalue weighted by Gasteiger charge is -2.37. The van der Waals surface area contributed by atoms with Crippen LogP contribution in [0.3, 0.4) is 0 Å². The van der Waals surface area contributed by atoms with Crippen LogP contribution in [0.5, 0.6) is 5.75 Å². The molecule has 2 aliphatic rings. The number of ether oxygens (including phenoxy) is 2. The minimum absolute atomic E-state index is 0.0201. The number of nitrogens with zero attached hydrogens (tertiary/aromatic N) is 2. The number of amides is 2. The fourth-order valence-electron chi connectivity index (χ4n) is 5.02. The van der Waals surface area contributed by atoms with Gasteiger partial charge in [0.25, 0.3) is 0 Å². The smallest absolute Gasteiger partial charge is 0.242 e. The highest BCUT2D eigenvalue weighted by Crippen LogP contribution is 2.34. The molecule has 1 fully saturated rings. The molecule has 1 aromatic carbocycles. The number of carbonyl (C=O) groups is 2. The van der Waals surface area contributed by atoms with E-state index in [0.717, 1.165) is 37.2 Å². The van der Waals surface area contributed by atoms with Crippen LogP contribution in [0.2, 0.25) is 0 Å². The normalized spacial score (nSPS) is 19.6. The topological polar surface area (TPSA) is 59.1 Å². The van der Waals surface area contributed by atoms with Crippen molar-refractivity contribution in [3.05, 3.63) is 51.7 Å². The van der Waals surface area contributed by atoms with Gasteiger partial charge in [-0.05, 0) is 65.8 Å². The molecule has 2 atom stereocenters. The predicted octanol–water partition coefficient (Wildman–Crippen LogP) is 5.43. The number of thiophene rings is 1. The monoisotopic (exact) mass is 512 g/mol. The standard InChI is InChI=1S/C29H40N2O4S/c1-20(2)16-28(32)30(17-24-6-5-14-34-24)18-29(33)31-13-11-27-25(12-15-36-27)26(31)19-35-23-9-7-22(8-10-23)21(3)4/h7-10,12,15,20-21,24,26H,5-6,11,13-14,16-19H2,1-4H3/t24-,26+/m0/s1. The van der Waals surface area contributed by atoms with Gasteiger partial charge in [-0.25, -0.2) is 0 Å². The van der Waals surface area contributed by atoms with E-state index in [-0.39, 0.29) is 36.4 Å². The number of benzene rings is 1. The van der Waals surface area contributed by atoms with Crippen LogP contribution in [0, 0.1) is 5.92 Å². The van der Waals surface area contributed by atoms with Crippen LogP contribution in [0.1, 0.15) is 74.9 Å². The van der Waals surface area contributed by atoms with Crippen LogP contribution < -0.4 is 4.74 Å². The number of carbonyl (C=O) groups excluding carboxylic acids is 2. The summed E-state index contributed by atoms with van der Waals surface area (Å²) in [5, 5.41) is 2.10. The molecule has 0 saturated carbocycles. The zero-order valence-electron chi connectivity index (χ0n) is 22.1. The maximum absolute atomic E-state index is 13.7. The van der Waals surface area contributed by atoms with E-state index in [1.807, 2.05) is 30.9 Å². The van der Waals surface area contributed by atoms with Crippen molar-refractivity contribution in [3.8, 4) is 5.75 Å². The number of rotatable bonds is 10. The molecule has 2 aliphatic heterocycles. The molecule has 0 aliphatic carbocycles. The van der Waals surface area contributed by atoms with Crippen molar-refractivity contribution in [2.75, 3.05) is 32.8 Å². The first-order valence-electron chi connectivity index (χ1n) is 13.3. The van der Waals surface area contributed by atoms with Crippen molar-refractivity contribution in [2.45, 2.75) is 71.4 Å². The Labute approximate surface area is 219 Å². The molecule has 6 nitrogen and oxygen atoms in total. The highest BCUT2D eigenvalue weighted by Gasteiger charge is 2.34. The van der Waals surface area contributed by atoms with Crippen molar-refractivity contribution in [3.63, 3.8) is 0 Å². The van der Waals surface area contributed by atoms with Crippen molar-refractivity contribution in [1.29, 1.82) is 0 Å². The largest absolute Gasteiger partial charge is 0.491 e. The molecule has 0 spiro atoms. The van der Waals surface area contributed by atoms with E-state index in [1.54, 1.807) is 16.2 Å². The Morgan fingerprint density at radius 3 is 2.61 bits per heavy atom. The second kappa shape index (κ2) is 12.2. The average Bonchev–Trinajstić information content (AvgIpc) is 3.54. The van der Waals surface area contributed by atoms with Gasteiger partial charge in [-0.2, -0.15) is 0 Å². The zero-order chi connectivity index (χ0) is 25.7. The lowest BCUT2D eigenvalue weighted by molar-refractivity contribution is -0.144. The van der Waals surface area contributed by atoms with Gasteiger partial charge in [0.15, 0.2) is 0 Å². The molecule has 1 aromatic heterocycles. The predicted molar refractivity (Wildman–Crippen MR) is 144 cm³/mol. The lowest BCUT2D eigenvalue weighted by Crippen LogP contribution is -2.49. The first kappa shape index (κ1) is 26.7. The molecule has 0 unspecified atom stereocenters. The van der Waals surface area contributed by atoms with Gasteiger partial charge in [0, 0.05) is 31.0 Å². The summed E-state index contributed by atoms with van der Waals surface area (Å²) in [7, 11) is 0. The summed E-state index contributed by atoms with van der Waals surface area (Å²) in [6.07, 6.45) is 3.24. The molecule has 7 heteroatoms. The molecule has 4 rings (SSSR count). The molecule has 2 amide bonds. The third kappa shape index (κ3) is 6.68. The maximum Gasteiger partial charge on any atom is 0.242 e. The minimum atomic E-state index is -0.165. The van der Waals surface area contributed by atoms with Gasteiger partial charge in [-0.1, -0.05) is 39.8 Å². The Bertz CT molecular complexity index is 1010. The van der Waals surface area contributed by atoms with E-state index < -0.39 is 0 Å². The van der Waals surface area contributed by atoms with Gasteiger partial charge < -0.3 is 19.3 Å². The lowest BCUT2D eigenvalue weighted by atomic mass is 10.00. The van der Waals surface area contributed by atoms with E-state index >= 15 is 0 Å². The van der Waals surface area contributed by atoms with Gasteiger partial charge in [0.2, 0.25) is 11.8 Å². The minimum Gasteiger partial charge on any atom is -0.491 e. The van der Waals surface area contributed by atoms with Gasteiger partial charge in [0.1, 0.15) is 12.4 Å². The van der Waals surface area contributed by atoms with Gasteiger partial charge in [-0.3, -0.25) is 9.59 Å². The summed E-state index contributed by atoms with van der Waals surface area (Å²) in [5.74, 6) is 1.52. The van der Waals surface area contributed by atoms with Gasteiger partial charge in [0.05, 0.1) is 18.7 Å². The summed E-state index contributed by atoms with van der Waals surface area (Å²) in [6, 6.07) is 10.2. The summed E-state index contributed by atoms with van der Waals surface area (Å²) in [4.78, 5) is 31.7. The summed E-state index contributed by atoms with van der Waals surface area (Å²) >= 11 is 1.74. The zero-order valence-corrected chi connectivity index (χ0v) is 22.9. The number of hydrogen-bond donors (Lipinski definition) is 0. The summed E-state index contributed by atoms with van der Waals surface area (Å²) in [6.45, 7) is 10.8. The molecule has 36 heavy (non-hydrogen) atoms. The molecule has 1 saturated heterocycles. The van der Waals surface area contributed by atoms with Crippen LogP contribution in [0.4, 0.5) is 0 Å². The van der Waals surface area contributed by atoms with Crippen LogP contribution in [0.25, 0.3) is 0 Å².